The summed E-state index contributed by atoms with van der Waals surface area (Å²) >= 11 is 0. The summed E-state index contributed by atoms with van der Waals surface area (Å²) < 4.78 is 24.7. The topological polar surface area (TPSA) is 132 Å². The summed E-state index contributed by atoms with van der Waals surface area (Å²) in [7, 11) is 1.37. The van der Waals surface area contributed by atoms with E-state index in [2.05, 4.69) is 17.9 Å². The van der Waals surface area contributed by atoms with Gasteiger partial charge in [-0.3, -0.25) is 14.4 Å². The molecule has 0 saturated carbocycles. The number of rotatable bonds is 20. The van der Waals surface area contributed by atoms with Gasteiger partial charge in [-0.1, -0.05) is 33.9 Å². The smallest absolute Gasteiger partial charge is 0.330 e. The molecular formula is C30H50O10. The molecular weight excluding hydrogens is 520 g/mol. The van der Waals surface area contributed by atoms with Crippen LogP contribution in [0.25, 0.3) is 0 Å². The van der Waals surface area contributed by atoms with Crippen molar-refractivity contribution in [2.45, 2.75) is 92.4 Å². The normalized spacial score (nSPS) is 10.8. The fourth-order valence-electron chi connectivity index (χ4n) is 2.61. The molecule has 0 saturated heterocycles. The molecule has 0 N–H and O–H groups in total. The molecule has 0 rings (SSSR count). The molecule has 230 valence electrons. The zero-order valence-electron chi connectivity index (χ0n) is 25.3. The van der Waals surface area contributed by atoms with Gasteiger partial charge in [0.05, 0.1) is 32.3 Å². The zero-order valence-corrected chi connectivity index (χ0v) is 25.3. The highest BCUT2D eigenvalue weighted by Gasteiger charge is 2.32. The van der Waals surface area contributed by atoms with Crippen molar-refractivity contribution in [3.63, 3.8) is 0 Å². The maximum absolute atomic E-state index is 12.2. The van der Waals surface area contributed by atoms with Gasteiger partial charge in [-0.15, -0.1) is 0 Å². The molecule has 0 unspecified atom stereocenters. The Bertz CT molecular complexity index is 798. The van der Waals surface area contributed by atoms with E-state index in [0.29, 0.717) is 39.1 Å². The van der Waals surface area contributed by atoms with Crippen LogP contribution >= 0.6 is 0 Å². The van der Waals surface area contributed by atoms with Gasteiger partial charge in [0.2, 0.25) is 0 Å². The van der Waals surface area contributed by atoms with Crippen LogP contribution in [0.15, 0.2) is 25.3 Å². The molecule has 0 fully saturated rings. The van der Waals surface area contributed by atoms with Crippen LogP contribution < -0.4 is 0 Å². The Labute approximate surface area is 239 Å². The van der Waals surface area contributed by atoms with Crippen molar-refractivity contribution in [1.29, 1.82) is 0 Å². The molecule has 0 radical (unpaired) electrons. The van der Waals surface area contributed by atoms with E-state index in [-0.39, 0.29) is 36.4 Å². The Morgan fingerprint density at radius 2 is 1.12 bits per heavy atom. The number of methoxy groups -OCH3 is 1. The molecule has 40 heavy (non-hydrogen) atoms. The van der Waals surface area contributed by atoms with E-state index in [9.17, 15) is 24.0 Å². The van der Waals surface area contributed by atoms with Crippen LogP contribution in [0, 0.1) is 10.8 Å². The zero-order chi connectivity index (χ0) is 31.0. The Morgan fingerprint density at radius 1 is 0.650 bits per heavy atom. The summed E-state index contributed by atoms with van der Waals surface area (Å²) in [6, 6.07) is 0. The predicted octanol–water partition coefficient (Wildman–Crippen LogP) is 5.27. The lowest BCUT2D eigenvalue weighted by Gasteiger charge is -2.27. The minimum atomic E-state index is -0.877. The van der Waals surface area contributed by atoms with E-state index in [1.807, 2.05) is 20.8 Å². The summed E-state index contributed by atoms with van der Waals surface area (Å²) in [6.07, 6.45) is 8.28. The maximum Gasteiger partial charge on any atom is 0.330 e. The third-order valence-corrected chi connectivity index (χ3v) is 5.80. The predicted molar refractivity (Wildman–Crippen MR) is 151 cm³/mol. The van der Waals surface area contributed by atoms with Gasteiger partial charge in [-0.05, 0) is 64.2 Å². The fraction of sp³-hybridized carbons (Fsp3) is 0.700. The van der Waals surface area contributed by atoms with Crippen LogP contribution in [-0.2, 0) is 47.7 Å². The first-order chi connectivity index (χ1) is 18.7. The molecule has 0 spiro atoms. The highest BCUT2D eigenvalue weighted by Crippen LogP contribution is 2.24. The van der Waals surface area contributed by atoms with Gasteiger partial charge in [0, 0.05) is 25.0 Å². The van der Waals surface area contributed by atoms with Gasteiger partial charge in [0.25, 0.3) is 0 Å². The monoisotopic (exact) mass is 570 g/mol. The van der Waals surface area contributed by atoms with Crippen LogP contribution in [0.3, 0.4) is 0 Å². The average Bonchev–Trinajstić information content (AvgIpc) is 2.93. The average molecular weight is 571 g/mol. The lowest BCUT2D eigenvalue weighted by molar-refractivity contribution is -0.164. The van der Waals surface area contributed by atoms with Gasteiger partial charge in [0.15, 0.2) is 0 Å². The lowest BCUT2D eigenvalue weighted by Crippen LogP contribution is -2.34. The molecule has 0 aromatic carbocycles. The van der Waals surface area contributed by atoms with Gasteiger partial charge in [-0.25, -0.2) is 9.59 Å². The molecule has 0 atom stereocenters. The van der Waals surface area contributed by atoms with E-state index in [1.54, 1.807) is 13.8 Å². The molecule has 0 aliphatic heterocycles. The standard InChI is InChI=1S/C20H34O6.C10H16O4/c1-7-16(21)24-13-11-9-10-12-17(22)25-15-20(5,6)18(23)26-14-19(3,4)8-2;1-3-9(11)14-8-6-4-5-7-10(12)13-2/h7H,1,8-15H2,2-6H3;3H,1,4-8H2,2H3. The molecule has 10 heteroatoms. The van der Waals surface area contributed by atoms with Gasteiger partial charge in [0.1, 0.15) is 6.61 Å². The first-order valence-corrected chi connectivity index (χ1v) is 13.7. The SMILES string of the molecule is C=CC(=O)OCCCCCC(=O)OC.C=CC(=O)OCCCCCC(=O)OCC(C)(C)C(=O)OCC(C)(C)CC. The number of ether oxygens (including phenoxy) is 5. The maximum atomic E-state index is 12.2. The number of esters is 5. The van der Waals surface area contributed by atoms with Crippen molar-refractivity contribution < 1.29 is 47.7 Å². The molecule has 0 heterocycles. The van der Waals surface area contributed by atoms with Crippen molar-refractivity contribution in [2.75, 3.05) is 33.5 Å². The number of unbranched alkanes of at least 4 members (excludes halogenated alkanes) is 4. The van der Waals surface area contributed by atoms with Gasteiger partial charge >= 0.3 is 29.8 Å². The summed E-state index contributed by atoms with van der Waals surface area (Å²) in [5.41, 5.74) is -0.944. The van der Waals surface area contributed by atoms with Crippen molar-refractivity contribution in [3.05, 3.63) is 25.3 Å². The summed E-state index contributed by atoms with van der Waals surface area (Å²) in [5, 5.41) is 0. The summed E-state index contributed by atoms with van der Waals surface area (Å²) in [4.78, 5) is 56.1. The molecule has 0 aliphatic carbocycles. The minimum absolute atomic E-state index is 0.00579. The second-order valence-electron chi connectivity index (χ2n) is 10.6. The van der Waals surface area contributed by atoms with E-state index in [0.717, 1.165) is 44.3 Å². The Kier molecular flexibility index (Phi) is 22.0. The number of carbonyl (C=O) groups is 5. The highest BCUT2D eigenvalue weighted by molar-refractivity contribution is 5.81. The molecule has 0 aromatic rings. The lowest BCUT2D eigenvalue weighted by atomic mass is 9.91. The van der Waals surface area contributed by atoms with Gasteiger partial charge in [-0.2, -0.15) is 0 Å². The van der Waals surface area contributed by atoms with Gasteiger partial charge < -0.3 is 23.7 Å². The van der Waals surface area contributed by atoms with Crippen LogP contribution in [0.4, 0.5) is 0 Å². The number of carbonyl (C=O) groups excluding carboxylic acids is 5. The first-order valence-electron chi connectivity index (χ1n) is 13.7. The number of hydrogen-bond donors (Lipinski definition) is 0. The fourth-order valence-corrected chi connectivity index (χ4v) is 2.61. The van der Waals surface area contributed by atoms with E-state index >= 15 is 0 Å². The van der Waals surface area contributed by atoms with Crippen molar-refractivity contribution >= 4 is 29.8 Å². The van der Waals surface area contributed by atoms with E-state index in [4.69, 9.17) is 18.9 Å². The third-order valence-electron chi connectivity index (χ3n) is 5.80. The summed E-state index contributed by atoms with van der Waals surface area (Å²) in [6.45, 7) is 17.1. The van der Waals surface area contributed by atoms with E-state index < -0.39 is 17.4 Å². The Balaban J connectivity index is 0. The second kappa shape index (κ2) is 22.6. The largest absolute Gasteiger partial charge is 0.469 e. The third kappa shape index (κ3) is 22.8. The highest BCUT2D eigenvalue weighted by atomic mass is 16.6. The van der Waals surface area contributed by atoms with Crippen molar-refractivity contribution in [2.24, 2.45) is 10.8 Å². The Hall–Kier alpha value is -3.17. The van der Waals surface area contributed by atoms with Crippen LogP contribution in [0.5, 0.6) is 0 Å². The summed E-state index contributed by atoms with van der Waals surface area (Å²) in [5.74, 6) is -1.76. The first kappa shape index (κ1) is 39.0. The molecule has 0 aliphatic rings. The number of hydrogen-bond acceptors (Lipinski definition) is 10. The second-order valence-corrected chi connectivity index (χ2v) is 10.6. The molecule has 0 aromatic heterocycles. The van der Waals surface area contributed by atoms with Crippen molar-refractivity contribution in [1.82, 2.24) is 0 Å². The molecule has 0 bridgehead atoms. The van der Waals surface area contributed by atoms with Crippen LogP contribution in [-0.4, -0.2) is 63.4 Å². The minimum Gasteiger partial charge on any atom is -0.469 e. The van der Waals surface area contributed by atoms with Crippen LogP contribution in [0.1, 0.15) is 92.4 Å². The van der Waals surface area contributed by atoms with E-state index in [1.165, 1.54) is 7.11 Å². The Morgan fingerprint density at radius 3 is 1.55 bits per heavy atom. The van der Waals surface area contributed by atoms with Crippen molar-refractivity contribution in [3.8, 4) is 0 Å². The molecule has 10 nitrogen and oxygen atoms in total. The van der Waals surface area contributed by atoms with Crippen LogP contribution in [0.2, 0.25) is 0 Å². The quantitative estimate of drug-likeness (QED) is 0.0825. The molecule has 0 amide bonds.